The topological polar surface area (TPSA) is 99.2 Å². The van der Waals surface area contributed by atoms with Crippen LogP contribution in [0.5, 0.6) is 5.75 Å². The molecule has 108 valence electrons. The van der Waals surface area contributed by atoms with Crippen LogP contribution in [0.15, 0.2) is 6.20 Å². The van der Waals surface area contributed by atoms with Crippen molar-refractivity contribution in [3.8, 4) is 5.75 Å². The van der Waals surface area contributed by atoms with Gasteiger partial charge in [0.1, 0.15) is 0 Å². The second-order valence-corrected chi connectivity index (χ2v) is 7.11. The number of nitrogens with one attached hydrogen (secondary N) is 1. The molecule has 1 saturated heterocycles. The molecule has 2 rings (SSSR count). The van der Waals surface area contributed by atoms with Crippen molar-refractivity contribution < 1.29 is 13.2 Å². The third-order valence-corrected chi connectivity index (χ3v) is 5.93. The molecule has 1 fully saturated rings. The molecule has 0 spiro atoms. The number of methoxy groups -OCH3 is 1. The second kappa shape index (κ2) is 5.48. The summed E-state index contributed by atoms with van der Waals surface area (Å²) in [4.78, 5) is 0. The van der Waals surface area contributed by atoms with Gasteiger partial charge in [0.25, 0.3) is 0 Å². The minimum absolute atomic E-state index is 0.218. The van der Waals surface area contributed by atoms with Gasteiger partial charge in [0, 0.05) is 7.05 Å². The molecule has 2 heterocycles. The molecule has 0 aromatic carbocycles. The minimum atomic E-state index is -3.14. The van der Waals surface area contributed by atoms with Crippen molar-refractivity contribution in [3.63, 3.8) is 0 Å². The van der Waals surface area contributed by atoms with E-state index in [-0.39, 0.29) is 5.75 Å². The number of hydrazine groups is 1. The molecule has 1 aliphatic rings. The van der Waals surface area contributed by atoms with E-state index in [1.807, 2.05) is 0 Å². The molecule has 0 aliphatic carbocycles. The Morgan fingerprint density at radius 3 is 2.89 bits per heavy atom. The zero-order valence-corrected chi connectivity index (χ0v) is 12.0. The first kappa shape index (κ1) is 14.3. The van der Waals surface area contributed by atoms with Gasteiger partial charge in [0.05, 0.1) is 36.0 Å². The summed E-state index contributed by atoms with van der Waals surface area (Å²) in [5.74, 6) is 6.36. The van der Waals surface area contributed by atoms with Crippen molar-refractivity contribution >= 4 is 9.84 Å². The van der Waals surface area contributed by atoms with Gasteiger partial charge in [-0.1, -0.05) is 6.42 Å². The first-order chi connectivity index (χ1) is 9.01. The number of ether oxygens (including phenoxy) is 1. The average Bonchev–Trinajstić information content (AvgIpc) is 2.74. The maximum Gasteiger partial charge on any atom is 0.161 e. The number of nitrogens with zero attached hydrogens (tertiary/aromatic N) is 2. The molecule has 1 aliphatic heterocycles. The number of hydrogen-bond donors (Lipinski definition) is 2. The Bertz CT molecular complexity index is 540. The van der Waals surface area contributed by atoms with E-state index >= 15 is 0 Å². The molecule has 2 unspecified atom stereocenters. The lowest BCUT2D eigenvalue weighted by atomic mass is 10.0. The standard InChI is InChI=1S/C11H20N4O3S/c1-15-11(8(18-2)7-13-15)10(14-12)9-5-3-4-6-19(9,16)17/h7,9-10,14H,3-6,12H2,1-2H3. The summed E-state index contributed by atoms with van der Waals surface area (Å²) in [7, 11) is 0.137. The summed E-state index contributed by atoms with van der Waals surface area (Å²) >= 11 is 0. The lowest BCUT2D eigenvalue weighted by molar-refractivity contribution is 0.382. The van der Waals surface area contributed by atoms with Crippen LogP contribution in [0.2, 0.25) is 0 Å². The fourth-order valence-corrected chi connectivity index (χ4v) is 4.71. The summed E-state index contributed by atoms with van der Waals surface area (Å²) in [5.41, 5.74) is 3.29. The lowest BCUT2D eigenvalue weighted by Gasteiger charge is -2.30. The molecule has 19 heavy (non-hydrogen) atoms. The van der Waals surface area contributed by atoms with Crippen molar-refractivity contribution in [2.45, 2.75) is 30.6 Å². The van der Waals surface area contributed by atoms with Gasteiger partial charge in [0.2, 0.25) is 0 Å². The van der Waals surface area contributed by atoms with Gasteiger partial charge in [-0.25, -0.2) is 13.8 Å². The molecule has 7 nitrogen and oxygen atoms in total. The highest BCUT2D eigenvalue weighted by molar-refractivity contribution is 7.92. The Labute approximate surface area is 113 Å². The number of hydrogen-bond acceptors (Lipinski definition) is 6. The first-order valence-electron chi connectivity index (χ1n) is 6.25. The van der Waals surface area contributed by atoms with Crippen LogP contribution in [-0.2, 0) is 16.9 Å². The normalized spacial score (nSPS) is 24.1. The molecule has 0 bridgehead atoms. The van der Waals surface area contributed by atoms with Crippen LogP contribution < -0.4 is 16.0 Å². The van der Waals surface area contributed by atoms with Crippen LogP contribution >= 0.6 is 0 Å². The maximum atomic E-state index is 12.2. The van der Waals surface area contributed by atoms with Crippen LogP contribution in [0, 0.1) is 0 Å². The predicted octanol–water partition coefficient (Wildman–Crippen LogP) is -0.0996. The van der Waals surface area contributed by atoms with Crippen LogP contribution in [-0.4, -0.2) is 36.3 Å². The third kappa shape index (κ3) is 2.60. The van der Waals surface area contributed by atoms with E-state index in [1.165, 1.54) is 7.11 Å². The third-order valence-electron chi connectivity index (χ3n) is 3.64. The fourth-order valence-electron chi connectivity index (χ4n) is 2.65. The Kier molecular flexibility index (Phi) is 4.12. The summed E-state index contributed by atoms with van der Waals surface area (Å²) in [6, 6.07) is -0.507. The summed E-state index contributed by atoms with van der Waals surface area (Å²) in [6.07, 6.45) is 3.78. The van der Waals surface area contributed by atoms with E-state index < -0.39 is 21.1 Å². The van der Waals surface area contributed by atoms with Gasteiger partial charge < -0.3 is 4.74 Å². The van der Waals surface area contributed by atoms with Gasteiger partial charge >= 0.3 is 0 Å². The van der Waals surface area contributed by atoms with Gasteiger partial charge in [0.15, 0.2) is 15.6 Å². The van der Waals surface area contributed by atoms with Crippen molar-refractivity contribution in [2.75, 3.05) is 12.9 Å². The average molecular weight is 288 g/mol. The molecular formula is C11H20N4O3S. The van der Waals surface area contributed by atoms with E-state index in [4.69, 9.17) is 10.6 Å². The molecule has 0 amide bonds. The number of aromatic nitrogens is 2. The molecule has 2 atom stereocenters. The Morgan fingerprint density at radius 2 is 2.32 bits per heavy atom. The van der Waals surface area contributed by atoms with Gasteiger partial charge in [-0.05, 0) is 12.8 Å². The maximum absolute atomic E-state index is 12.2. The SMILES string of the molecule is COc1cnn(C)c1C(NN)C1CCCCS1(=O)=O. The number of aryl methyl sites for hydroxylation is 1. The summed E-state index contributed by atoms with van der Waals surface area (Å²) in [6.45, 7) is 0. The van der Waals surface area contributed by atoms with Crippen molar-refractivity contribution in [3.05, 3.63) is 11.9 Å². The largest absolute Gasteiger partial charge is 0.493 e. The zero-order chi connectivity index (χ0) is 14.0. The zero-order valence-electron chi connectivity index (χ0n) is 11.2. The highest BCUT2D eigenvalue weighted by atomic mass is 32.2. The second-order valence-electron chi connectivity index (χ2n) is 4.77. The van der Waals surface area contributed by atoms with Crippen molar-refractivity contribution in [2.24, 2.45) is 12.9 Å². The molecule has 1 aromatic rings. The molecule has 1 aromatic heterocycles. The van der Waals surface area contributed by atoms with E-state index in [9.17, 15) is 8.42 Å². The monoisotopic (exact) mass is 288 g/mol. The van der Waals surface area contributed by atoms with Crippen LogP contribution in [0.4, 0.5) is 0 Å². The first-order valence-corrected chi connectivity index (χ1v) is 7.96. The summed E-state index contributed by atoms with van der Waals surface area (Å²) in [5, 5.41) is 3.57. The van der Waals surface area contributed by atoms with E-state index in [2.05, 4.69) is 10.5 Å². The van der Waals surface area contributed by atoms with Gasteiger partial charge in [-0.15, -0.1) is 0 Å². The minimum Gasteiger partial charge on any atom is -0.493 e. The highest BCUT2D eigenvalue weighted by Gasteiger charge is 2.38. The van der Waals surface area contributed by atoms with Crippen molar-refractivity contribution in [1.82, 2.24) is 15.2 Å². The highest BCUT2D eigenvalue weighted by Crippen LogP contribution is 2.34. The summed E-state index contributed by atoms with van der Waals surface area (Å²) < 4.78 is 31.3. The predicted molar refractivity (Wildman–Crippen MR) is 71.2 cm³/mol. The fraction of sp³-hybridized carbons (Fsp3) is 0.727. The van der Waals surface area contributed by atoms with E-state index in [1.54, 1.807) is 17.9 Å². The smallest absolute Gasteiger partial charge is 0.161 e. The number of nitrogens with two attached hydrogens (primary N) is 1. The van der Waals surface area contributed by atoms with Gasteiger partial charge in [-0.3, -0.25) is 10.5 Å². The Morgan fingerprint density at radius 1 is 1.58 bits per heavy atom. The Balaban J connectivity index is 2.41. The van der Waals surface area contributed by atoms with Gasteiger partial charge in [-0.2, -0.15) is 5.10 Å². The molecular weight excluding hydrogens is 268 g/mol. The van der Waals surface area contributed by atoms with E-state index in [0.29, 0.717) is 17.9 Å². The number of rotatable bonds is 4. The van der Waals surface area contributed by atoms with Crippen LogP contribution in [0.1, 0.15) is 31.0 Å². The molecule has 0 radical (unpaired) electrons. The Hall–Kier alpha value is -1.12. The molecule has 0 saturated carbocycles. The molecule has 8 heteroatoms. The quantitative estimate of drug-likeness (QED) is 0.593. The van der Waals surface area contributed by atoms with Crippen LogP contribution in [0.3, 0.4) is 0 Å². The molecule has 3 N–H and O–H groups in total. The lowest BCUT2D eigenvalue weighted by Crippen LogP contribution is -2.44. The van der Waals surface area contributed by atoms with Crippen LogP contribution in [0.25, 0.3) is 0 Å². The van der Waals surface area contributed by atoms with E-state index in [0.717, 1.165) is 12.8 Å². The number of sulfone groups is 1. The van der Waals surface area contributed by atoms with Crippen molar-refractivity contribution in [1.29, 1.82) is 0 Å².